The van der Waals surface area contributed by atoms with E-state index in [4.69, 9.17) is 9.94 Å². The highest BCUT2D eigenvalue weighted by Crippen LogP contribution is 2.38. The molecule has 0 amide bonds. The number of nitrogens with zero attached hydrogens (tertiary/aromatic N) is 4. The van der Waals surface area contributed by atoms with Gasteiger partial charge in [0.1, 0.15) is 22.5 Å². The molecule has 3 aromatic rings. The van der Waals surface area contributed by atoms with Gasteiger partial charge in [0.2, 0.25) is 0 Å². The summed E-state index contributed by atoms with van der Waals surface area (Å²) >= 11 is 0. The monoisotopic (exact) mass is 397 g/mol. The van der Waals surface area contributed by atoms with E-state index in [2.05, 4.69) is 37.9 Å². The maximum Gasteiger partial charge on any atom is 0.143 e. The van der Waals surface area contributed by atoms with Gasteiger partial charge < -0.3 is 15.1 Å². The van der Waals surface area contributed by atoms with Gasteiger partial charge in [0.25, 0.3) is 0 Å². The van der Waals surface area contributed by atoms with Crippen LogP contribution in [0.3, 0.4) is 0 Å². The number of phenols is 1. The van der Waals surface area contributed by atoms with E-state index in [1.54, 1.807) is 11.1 Å². The van der Waals surface area contributed by atoms with Crippen molar-refractivity contribution in [2.45, 2.75) is 64.3 Å². The van der Waals surface area contributed by atoms with E-state index < -0.39 is 0 Å². The Hall–Kier alpha value is -2.48. The van der Waals surface area contributed by atoms with E-state index in [1.165, 1.54) is 4.80 Å². The molecule has 29 heavy (non-hydrogen) atoms. The molecule has 0 saturated carbocycles. The van der Waals surface area contributed by atoms with Crippen LogP contribution in [0.25, 0.3) is 16.7 Å². The minimum Gasteiger partial charge on any atom is -0.506 e. The standard InChI is InChI=1S/C22H28N4O3/c1-21(2)12-16(13-22(3,4)26(21)28)29-14-15-9-10-20(27)19(11-15)25-23-17-7-5-6-8-18(17)24-25/h5-11,16,27-28H,12-14H2,1-4H3/p+1. The Morgan fingerprint density at radius 2 is 1.62 bits per heavy atom. The summed E-state index contributed by atoms with van der Waals surface area (Å²) in [6.07, 6.45) is 1.68. The molecule has 1 aromatic heterocycles. The van der Waals surface area contributed by atoms with E-state index in [9.17, 15) is 5.11 Å². The van der Waals surface area contributed by atoms with Crippen LogP contribution in [0.1, 0.15) is 46.1 Å². The van der Waals surface area contributed by atoms with Crippen molar-refractivity contribution in [3.63, 3.8) is 0 Å². The minimum absolute atomic E-state index is 0.0734. The molecular weight excluding hydrogens is 368 g/mol. The predicted octanol–water partition coefficient (Wildman–Crippen LogP) is 3.30. The van der Waals surface area contributed by atoms with Crippen molar-refractivity contribution in [2.24, 2.45) is 0 Å². The van der Waals surface area contributed by atoms with Crippen molar-refractivity contribution in [1.29, 1.82) is 0 Å². The molecule has 0 unspecified atom stereocenters. The first kappa shape index (κ1) is 19.8. The second-order valence-electron chi connectivity index (χ2n) is 9.10. The Labute approximate surface area is 170 Å². The second kappa shape index (κ2) is 7.09. The molecule has 7 nitrogen and oxygen atoms in total. The fraction of sp³-hybridized carbons (Fsp3) is 0.455. The van der Waals surface area contributed by atoms with Crippen molar-refractivity contribution in [2.75, 3.05) is 0 Å². The molecule has 2 heterocycles. The zero-order chi connectivity index (χ0) is 20.8. The van der Waals surface area contributed by atoms with Crippen LogP contribution in [0, 0.1) is 0 Å². The summed E-state index contributed by atoms with van der Waals surface area (Å²) in [5, 5.41) is 29.3. The molecule has 1 aliphatic rings. The third-order valence-electron chi connectivity index (χ3n) is 5.69. The fourth-order valence-corrected chi connectivity index (χ4v) is 4.31. The highest BCUT2D eigenvalue weighted by Gasteiger charge is 2.48. The average molecular weight is 397 g/mol. The van der Waals surface area contributed by atoms with Crippen LogP contribution in [0.5, 0.6) is 5.75 Å². The third-order valence-corrected chi connectivity index (χ3v) is 5.69. The molecule has 1 aliphatic heterocycles. The molecule has 4 rings (SSSR count). The van der Waals surface area contributed by atoms with Crippen LogP contribution >= 0.6 is 0 Å². The molecule has 0 aliphatic carbocycles. The molecule has 1 saturated heterocycles. The van der Waals surface area contributed by atoms with Gasteiger partial charge in [-0.25, -0.2) is 0 Å². The molecule has 0 bridgehead atoms. The molecule has 2 aromatic carbocycles. The van der Waals surface area contributed by atoms with Gasteiger partial charge in [0.05, 0.1) is 23.8 Å². The fourth-order valence-electron chi connectivity index (χ4n) is 4.31. The van der Waals surface area contributed by atoms with Crippen molar-refractivity contribution in [1.82, 2.24) is 20.1 Å². The lowest BCUT2D eigenvalue weighted by molar-refractivity contribution is -0.262. The number of rotatable bonds is 4. The highest BCUT2D eigenvalue weighted by atomic mass is 16.5. The molecule has 0 atom stereocenters. The zero-order valence-electron chi connectivity index (χ0n) is 17.4. The Morgan fingerprint density at radius 3 is 2.21 bits per heavy atom. The second-order valence-corrected chi connectivity index (χ2v) is 9.10. The number of benzene rings is 2. The predicted molar refractivity (Wildman–Crippen MR) is 112 cm³/mol. The average Bonchev–Trinajstić information content (AvgIpc) is 3.09. The van der Waals surface area contributed by atoms with Gasteiger partial charge in [-0.15, -0.1) is 15.0 Å². The smallest absolute Gasteiger partial charge is 0.143 e. The number of phenolic OH excluding ortho intramolecular Hbond substituents is 1. The lowest BCUT2D eigenvalue weighted by Crippen LogP contribution is -2.60. The quantitative estimate of drug-likeness (QED) is 0.683. The van der Waals surface area contributed by atoms with Crippen molar-refractivity contribution < 1.29 is 15.1 Å². The lowest BCUT2D eigenvalue weighted by atomic mass is 9.80. The molecule has 7 heteroatoms. The first-order valence-corrected chi connectivity index (χ1v) is 9.93. The summed E-state index contributed by atoms with van der Waals surface area (Å²) in [6, 6.07) is 13.0. The van der Waals surface area contributed by atoms with Crippen molar-refractivity contribution in [3.05, 3.63) is 48.0 Å². The van der Waals surface area contributed by atoms with Crippen LogP contribution in [0.2, 0.25) is 0 Å². The Balaban J connectivity index is 1.52. The number of aromatic hydroxyl groups is 1. The summed E-state index contributed by atoms with van der Waals surface area (Å²) in [7, 11) is 0. The first-order chi connectivity index (χ1) is 13.7. The van der Waals surface area contributed by atoms with Gasteiger partial charge in [-0.1, -0.05) is 23.3 Å². The summed E-state index contributed by atoms with van der Waals surface area (Å²) in [5.41, 5.74) is 2.55. The summed E-state index contributed by atoms with van der Waals surface area (Å²) < 4.78 is 6.24. The van der Waals surface area contributed by atoms with Crippen molar-refractivity contribution in [3.8, 4) is 11.4 Å². The van der Waals surface area contributed by atoms with Crippen LogP contribution in [-0.2, 0) is 11.3 Å². The van der Waals surface area contributed by atoms with E-state index in [1.807, 2.05) is 36.4 Å². The molecule has 0 spiro atoms. The minimum atomic E-state index is -0.244. The van der Waals surface area contributed by atoms with E-state index in [0.717, 1.165) is 29.4 Å². The van der Waals surface area contributed by atoms with Crippen LogP contribution in [0.4, 0.5) is 0 Å². The number of hydrogen-bond acceptors (Lipinski definition) is 5. The summed E-state index contributed by atoms with van der Waals surface area (Å²) in [4.78, 5) is 1.47. The molecular formula is C22H29N4O3+. The number of fused-ring (bicyclic) bond motifs is 1. The van der Waals surface area contributed by atoms with Gasteiger partial charge in [0, 0.05) is 0 Å². The van der Waals surface area contributed by atoms with Crippen molar-refractivity contribution >= 4 is 11.0 Å². The number of hydroxylamine groups is 2. The van der Waals surface area contributed by atoms with Gasteiger partial charge in [-0.2, -0.15) is 0 Å². The number of ether oxygens (including phenoxy) is 1. The third kappa shape index (κ3) is 3.85. The Bertz CT molecular complexity index is 977. The van der Waals surface area contributed by atoms with Gasteiger partial charge in [-0.3, -0.25) is 0 Å². The maximum absolute atomic E-state index is 10.3. The lowest BCUT2D eigenvalue weighted by Gasteiger charge is -2.47. The number of piperidine rings is 1. The highest BCUT2D eigenvalue weighted by molar-refractivity contribution is 5.73. The SMILES string of the molecule is CC1(C)CC(OCc2ccc(O)c(-n3nc4ccccc4n3)c2)CC(C)(C)N1[OH2+]. The van der Waals surface area contributed by atoms with Gasteiger partial charge >= 0.3 is 0 Å². The number of hydrogen-bond donors (Lipinski definition) is 1. The van der Waals surface area contributed by atoms with E-state index in [0.29, 0.717) is 12.3 Å². The topological polar surface area (TPSA) is 86.3 Å². The normalized spacial score (nSPS) is 19.6. The Morgan fingerprint density at radius 1 is 1.03 bits per heavy atom. The zero-order valence-corrected chi connectivity index (χ0v) is 17.4. The van der Waals surface area contributed by atoms with Crippen LogP contribution < -0.4 is 0 Å². The number of aromatic nitrogens is 3. The van der Waals surface area contributed by atoms with E-state index >= 15 is 0 Å². The van der Waals surface area contributed by atoms with Crippen LogP contribution in [-0.4, -0.2) is 47.6 Å². The van der Waals surface area contributed by atoms with Gasteiger partial charge in [0.15, 0.2) is 0 Å². The molecule has 154 valence electrons. The Kier molecular flexibility index (Phi) is 4.85. The molecule has 1 fully saturated rings. The van der Waals surface area contributed by atoms with Gasteiger partial charge in [-0.05, 0) is 70.4 Å². The molecule has 3 N–H and O–H groups in total. The first-order valence-electron chi connectivity index (χ1n) is 9.93. The molecule has 0 radical (unpaired) electrons. The summed E-state index contributed by atoms with van der Waals surface area (Å²) in [6.45, 7) is 8.78. The summed E-state index contributed by atoms with van der Waals surface area (Å²) in [5.74, 6) is 0.124. The largest absolute Gasteiger partial charge is 0.506 e. The van der Waals surface area contributed by atoms with Crippen LogP contribution in [0.15, 0.2) is 42.5 Å². The maximum atomic E-state index is 10.3. The van der Waals surface area contributed by atoms with E-state index in [-0.39, 0.29) is 22.9 Å².